The molecular weight excluding hydrogens is 235 g/mol. The van der Waals surface area contributed by atoms with Gasteiger partial charge in [-0.05, 0) is 24.3 Å². The van der Waals surface area contributed by atoms with E-state index in [1.54, 1.807) is 12.3 Å². The van der Waals surface area contributed by atoms with Crippen LogP contribution in [0.25, 0.3) is 0 Å². The fraction of sp³-hybridized carbons (Fsp3) is 0.0833. The molecule has 0 fully saturated rings. The number of hydrogen-bond acceptors (Lipinski definition) is 4. The number of carbonyl (C=O) groups excluding carboxylic acids is 1. The molecule has 0 radical (unpaired) electrons. The average Bonchev–Trinajstić information content (AvgIpc) is 2.40. The van der Waals surface area contributed by atoms with Gasteiger partial charge in [0, 0.05) is 11.9 Å². The molecule has 0 saturated carbocycles. The van der Waals surface area contributed by atoms with Crippen molar-refractivity contribution in [1.82, 2.24) is 15.3 Å². The number of nitrogens with one attached hydrogen (secondary N) is 1. The Morgan fingerprint density at radius 3 is 2.94 bits per heavy atom. The quantitative estimate of drug-likeness (QED) is 0.795. The molecule has 0 aliphatic carbocycles. The van der Waals surface area contributed by atoms with Gasteiger partial charge in [0.25, 0.3) is 5.91 Å². The van der Waals surface area contributed by atoms with Crippen molar-refractivity contribution in [3.8, 4) is 0 Å². The van der Waals surface area contributed by atoms with E-state index >= 15 is 0 Å². The van der Waals surface area contributed by atoms with Gasteiger partial charge in [-0.3, -0.25) is 4.79 Å². The standard InChI is InChI=1S/C12H11FN4O/c13-8-1-2-11(14)10(5-8)12(18)16-6-9-3-4-15-7-17-9/h1-5,7H,6,14H2,(H,16,18). The number of anilines is 1. The number of rotatable bonds is 3. The first kappa shape index (κ1) is 12.0. The molecule has 1 heterocycles. The maximum atomic E-state index is 13.0. The molecule has 18 heavy (non-hydrogen) atoms. The second kappa shape index (κ2) is 5.22. The number of benzene rings is 1. The van der Waals surface area contributed by atoms with E-state index in [-0.39, 0.29) is 17.8 Å². The van der Waals surface area contributed by atoms with E-state index in [9.17, 15) is 9.18 Å². The molecule has 0 aliphatic rings. The summed E-state index contributed by atoms with van der Waals surface area (Å²) in [6, 6.07) is 5.34. The number of nitrogens with zero attached hydrogens (tertiary/aromatic N) is 2. The number of halogens is 1. The van der Waals surface area contributed by atoms with Gasteiger partial charge in [0.1, 0.15) is 12.1 Å². The first-order valence-corrected chi connectivity index (χ1v) is 5.25. The zero-order valence-corrected chi connectivity index (χ0v) is 9.43. The summed E-state index contributed by atoms with van der Waals surface area (Å²) in [6.45, 7) is 0.233. The van der Waals surface area contributed by atoms with E-state index in [2.05, 4.69) is 15.3 Å². The first-order chi connectivity index (χ1) is 8.66. The SMILES string of the molecule is Nc1ccc(F)cc1C(=O)NCc1ccncn1. The van der Waals surface area contributed by atoms with Crippen LogP contribution in [0.3, 0.4) is 0 Å². The molecule has 92 valence electrons. The Labute approximate surface area is 103 Å². The Hall–Kier alpha value is -2.50. The number of aromatic nitrogens is 2. The lowest BCUT2D eigenvalue weighted by atomic mass is 10.1. The predicted molar refractivity (Wildman–Crippen MR) is 64.0 cm³/mol. The molecular formula is C12H11FN4O. The van der Waals surface area contributed by atoms with Crippen molar-refractivity contribution in [2.75, 3.05) is 5.73 Å². The van der Waals surface area contributed by atoms with Crippen LogP contribution in [-0.2, 0) is 6.54 Å². The van der Waals surface area contributed by atoms with Gasteiger partial charge in [0.15, 0.2) is 0 Å². The molecule has 1 aromatic heterocycles. The Bertz CT molecular complexity index is 559. The highest BCUT2D eigenvalue weighted by molar-refractivity contribution is 5.99. The van der Waals surface area contributed by atoms with Gasteiger partial charge >= 0.3 is 0 Å². The van der Waals surface area contributed by atoms with Crippen molar-refractivity contribution < 1.29 is 9.18 Å². The van der Waals surface area contributed by atoms with E-state index in [0.717, 1.165) is 6.07 Å². The van der Waals surface area contributed by atoms with E-state index in [1.807, 2.05) is 0 Å². The van der Waals surface area contributed by atoms with E-state index in [0.29, 0.717) is 5.69 Å². The Balaban J connectivity index is 2.06. The number of carbonyl (C=O) groups is 1. The molecule has 0 saturated heterocycles. The predicted octanol–water partition coefficient (Wildman–Crippen LogP) is 1.13. The molecule has 1 amide bonds. The zero-order chi connectivity index (χ0) is 13.0. The fourth-order valence-corrected chi connectivity index (χ4v) is 1.41. The van der Waals surface area contributed by atoms with Crippen molar-refractivity contribution in [2.45, 2.75) is 6.54 Å². The largest absolute Gasteiger partial charge is 0.398 e. The van der Waals surface area contributed by atoms with Gasteiger partial charge in [-0.2, -0.15) is 0 Å². The van der Waals surface area contributed by atoms with Gasteiger partial charge in [-0.1, -0.05) is 0 Å². The topological polar surface area (TPSA) is 80.9 Å². The van der Waals surface area contributed by atoms with Crippen LogP contribution in [0.2, 0.25) is 0 Å². The summed E-state index contributed by atoms with van der Waals surface area (Å²) in [5, 5.41) is 2.61. The monoisotopic (exact) mass is 246 g/mol. The zero-order valence-electron chi connectivity index (χ0n) is 9.43. The first-order valence-electron chi connectivity index (χ1n) is 5.25. The summed E-state index contributed by atoms with van der Waals surface area (Å²) in [5.41, 5.74) is 6.61. The second-order valence-electron chi connectivity index (χ2n) is 3.61. The van der Waals surface area contributed by atoms with Gasteiger partial charge in [0.2, 0.25) is 0 Å². The molecule has 2 aromatic rings. The van der Waals surface area contributed by atoms with Crippen LogP contribution in [0.4, 0.5) is 10.1 Å². The van der Waals surface area contributed by atoms with Crippen LogP contribution < -0.4 is 11.1 Å². The second-order valence-corrected chi connectivity index (χ2v) is 3.61. The van der Waals surface area contributed by atoms with Crippen LogP contribution >= 0.6 is 0 Å². The highest BCUT2D eigenvalue weighted by Gasteiger charge is 2.10. The van der Waals surface area contributed by atoms with Gasteiger partial charge in [-0.15, -0.1) is 0 Å². The number of hydrogen-bond donors (Lipinski definition) is 2. The maximum absolute atomic E-state index is 13.0. The van der Waals surface area contributed by atoms with Crippen LogP contribution in [0.15, 0.2) is 36.8 Å². The molecule has 2 rings (SSSR count). The number of nitrogens with two attached hydrogens (primary N) is 1. The van der Waals surface area contributed by atoms with Crippen molar-refractivity contribution in [3.05, 3.63) is 53.9 Å². The highest BCUT2D eigenvalue weighted by atomic mass is 19.1. The van der Waals surface area contributed by atoms with E-state index in [1.165, 1.54) is 18.5 Å². The van der Waals surface area contributed by atoms with Crippen LogP contribution in [0.5, 0.6) is 0 Å². The minimum atomic E-state index is -0.503. The van der Waals surface area contributed by atoms with Gasteiger partial charge in [-0.25, -0.2) is 14.4 Å². The molecule has 5 nitrogen and oxygen atoms in total. The third-order valence-corrected chi connectivity index (χ3v) is 2.33. The van der Waals surface area contributed by atoms with E-state index in [4.69, 9.17) is 5.73 Å². The summed E-state index contributed by atoms with van der Waals surface area (Å²) in [5.74, 6) is -0.943. The normalized spacial score (nSPS) is 10.1. The molecule has 0 unspecified atom stereocenters. The molecule has 1 aromatic carbocycles. The van der Waals surface area contributed by atoms with Crippen LogP contribution in [0, 0.1) is 5.82 Å². The summed E-state index contributed by atoms with van der Waals surface area (Å²) in [4.78, 5) is 19.5. The van der Waals surface area contributed by atoms with Gasteiger partial charge < -0.3 is 11.1 Å². The lowest BCUT2D eigenvalue weighted by Crippen LogP contribution is -2.24. The maximum Gasteiger partial charge on any atom is 0.253 e. The van der Waals surface area contributed by atoms with E-state index < -0.39 is 11.7 Å². The minimum absolute atomic E-state index is 0.115. The lowest BCUT2D eigenvalue weighted by molar-refractivity contribution is 0.0951. The Morgan fingerprint density at radius 2 is 2.22 bits per heavy atom. The molecule has 6 heteroatoms. The minimum Gasteiger partial charge on any atom is -0.398 e. The third-order valence-electron chi connectivity index (χ3n) is 2.33. The smallest absolute Gasteiger partial charge is 0.253 e. The highest BCUT2D eigenvalue weighted by Crippen LogP contribution is 2.13. The van der Waals surface area contributed by atoms with Crippen LogP contribution in [-0.4, -0.2) is 15.9 Å². The number of nitrogen functional groups attached to an aromatic ring is 1. The molecule has 0 bridgehead atoms. The summed E-state index contributed by atoms with van der Waals surface area (Å²) < 4.78 is 13.0. The van der Waals surface area contributed by atoms with Crippen molar-refractivity contribution >= 4 is 11.6 Å². The molecule has 0 spiro atoms. The average molecular weight is 246 g/mol. The third kappa shape index (κ3) is 2.79. The van der Waals surface area contributed by atoms with Crippen molar-refractivity contribution in [3.63, 3.8) is 0 Å². The van der Waals surface area contributed by atoms with Crippen molar-refractivity contribution in [2.24, 2.45) is 0 Å². The van der Waals surface area contributed by atoms with Gasteiger partial charge in [0.05, 0.1) is 17.8 Å². The Morgan fingerprint density at radius 1 is 1.39 bits per heavy atom. The lowest BCUT2D eigenvalue weighted by Gasteiger charge is -2.07. The number of amides is 1. The summed E-state index contributed by atoms with van der Waals surface area (Å²) in [7, 11) is 0. The van der Waals surface area contributed by atoms with Crippen LogP contribution in [0.1, 0.15) is 16.1 Å². The summed E-state index contributed by atoms with van der Waals surface area (Å²) in [6.07, 6.45) is 2.96. The van der Waals surface area contributed by atoms with Crippen molar-refractivity contribution in [1.29, 1.82) is 0 Å². The Kier molecular flexibility index (Phi) is 3.47. The summed E-state index contributed by atoms with van der Waals surface area (Å²) >= 11 is 0. The molecule has 3 N–H and O–H groups in total. The molecule has 0 atom stereocenters. The fourth-order valence-electron chi connectivity index (χ4n) is 1.41. The molecule has 0 aliphatic heterocycles.